The van der Waals surface area contributed by atoms with Crippen LogP contribution < -0.4 is 16.1 Å². The minimum absolute atomic E-state index is 0.249. The van der Waals surface area contributed by atoms with Gasteiger partial charge in [-0.3, -0.25) is 33.6 Å². The molecular formula is C36H48FN5O5. The van der Waals surface area contributed by atoms with Crippen LogP contribution in [0.25, 0.3) is 17.0 Å². The fourth-order valence-electron chi connectivity index (χ4n) is 6.84. The average molecular weight is 650 g/mol. The van der Waals surface area contributed by atoms with Crippen molar-refractivity contribution in [1.29, 1.82) is 0 Å². The second-order valence-corrected chi connectivity index (χ2v) is 14.0. The number of hydrogen-bond acceptors (Lipinski definition) is 7. The largest absolute Gasteiger partial charge is 0.451 e. The molecule has 1 saturated carbocycles. The molecule has 5 bridgehead atoms. The summed E-state index contributed by atoms with van der Waals surface area (Å²) in [5.41, 5.74) is 3.74. The number of benzene rings is 1. The summed E-state index contributed by atoms with van der Waals surface area (Å²) < 4.78 is 20.2. The zero-order chi connectivity index (χ0) is 33.9. The van der Waals surface area contributed by atoms with E-state index in [2.05, 4.69) is 16.1 Å². The number of hydrogen-bond donors (Lipinski definition) is 3. The van der Waals surface area contributed by atoms with Gasteiger partial charge in [0.15, 0.2) is 6.10 Å². The van der Waals surface area contributed by atoms with Crippen molar-refractivity contribution < 1.29 is 28.3 Å². The maximum atomic E-state index is 14.2. The lowest BCUT2D eigenvalue weighted by atomic mass is 9.63. The van der Waals surface area contributed by atoms with E-state index in [0.29, 0.717) is 57.2 Å². The summed E-state index contributed by atoms with van der Waals surface area (Å²) in [4.78, 5) is 59.2. The number of amides is 3. The van der Waals surface area contributed by atoms with Gasteiger partial charge in [-0.2, -0.15) is 0 Å². The number of pyridine rings is 1. The Balaban J connectivity index is 1.54. The molecule has 254 valence electrons. The van der Waals surface area contributed by atoms with Crippen LogP contribution in [0.15, 0.2) is 36.4 Å². The Labute approximate surface area is 276 Å². The van der Waals surface area contributed by atoms with Crippen molar-refractivity contribution in [3.63, 3.8) is 0 Å². The molecule has 3 heterocycles. The lowest BCUT2D eigenvalue weighted by Crippen LogP contribution is -2.61. The molecule has 47 heavy (non-hydrogen) atoms. The Morgan fingerprint density at radius 3 is 2.38 bits per heavy atom. The zero-order valence-electron chi connectivity index (χ0n) is 28.1. The molecule has 3 N–H and O–H groups in total. The first kappa shape index (κ1) is 34.5. The fourth-order valence-corrected chi connectivity index (χ4v) is 6.84. The van der Waals surface area contributed by atoms with Crippen molar-refractivity contribution >= 4 is 40.7 Å². The molecular weight excluding hydrogens is 601 g/mol. The van der Waals surface area contributed by atoms with Gasteiger partial charge in [0.05, 0.1) is 29.3 Å². The summed E-state index contributed by atoms with van der Waals surface area (Å²) >= 11 is 0. The van der Waals surface area contributed by atoms with Crippen LogP contribution in [-0.2, 0) is 23.9 Å². The van der Waals surface area contributed by atoms with E-state index in [4.69, 9.17) is 9.72 Å². The van der Waals surface area contributed by atoms with E-state index in [1.165, 1.54) is 5.01 Å². The van der Waals surface area contributed by atoms with Crippen LogP contribution in [0.2, 0.25) is 0 Å². The summed E-state index contributed by atoms with van der Waals surface area (Å²) in [5.74, 6) is -2.13. The summed E-state index contributed by atoms with van der Waals surface area (Å²) in [5, 5.41) is 8.07. The summed E-state index contributed by atoms with van der Waals surface area (Å²) in [7, 11) is 0. The van der Waals surface area contributed by atoms with E-state index in [0.717, 1.165) is 16.5 Å². The number of aromatic nitrogens is 1. The number of nitrogens with zero attached hydrogens (tertiary/aromatic N) is 2. The normalized spacial score (nSPS) is 31.9. The first-order chi connectivity index (χ1) is 22.4. The van der Waals surface area contributed by atoms with Crippen molar-refractivity contribution in [3.8, 4) is 0 Å². The SMILES string of the molecule is CCC1(CF)CCC2(/C=C/c3ccc4ccc(nc4c3)[C@@H](C)NC(=O)[C@@H]3CCCN(N3)C(=O)[C@H](C)NC(=O)[C@H](C(C)C)OC2=O)CC1. The molecule has 1 saturated heterocycles. The van der Waals surface area contributed by atoms with Gasteiger partial charge < -0.3 is 15.4 Å². The number of carbonyl (C=O) groups excluding carboxylic acids is 4. The second kappa shape index (κ2) is 14.1. The van der Waals surface area contributed by atoms with Gasteiger partial charge in [0.25, 0.3) is 11.8 Å². The Kier molecular flexibility index (Phi) is 10.3. The van der Waals surface area contributed by atoms with Gasteiger partial charge in [0.1, 0.15) is 12.1 Å². The van der Waals surface area contributed by atoms with E-state index >= 15 is 0 Å². The van der Waals surface area contributed by atoms with E-state index in [-0.39, 0.29) is 11.8 Å². The Morgan fingerprint density at radius 1 is 1.00 bits per heavy atom. The second-order valence-electron chi connectivity index (χ2n) is 14.0. The molecule has 2 aromatic rings. The minimum Gasteiger partial charge on any atom is -0.451 e. The summed E-state index contributed by atoms with van der Waals surface area (Å²) in [6.45, 7) is 8.91. The van der Waals surface area contributed by atoms with Crippen LogP contribution in [0.1, 0.15) is 96.9 Å². The minimum atomic E-state index is -1.14. The van der Waals surface area contributed by atoms with Gasteiger partial charge in [-0.1, -0.05) is 51.1 Å². The number of hydrazine groups is 1. The highest BCUT2D eigenvalue weighted by Gasteiger charge is 2.47. The zero-order valence-corrected chi connectivity index (χ0v) is 28.1. The quantitative estimate of drug-likeness (QED) is 0.402. The summed E-state index contributed by atoms with van der Waals surface area (Å²) in [6, 6.07) is 7.72. The molecule has 1 aromatic heterocycles. The molecule has 5 rings (SSSR count). The number of alkyl halides is 1. The number of cyclic esters (lactones) is 1. The number of nitrogens with one attached hydrogen (secondary N) is 3. The van der Waals surface area contributed by atoms with Crippen LogP contribution in [0.3, 0.4) is 0 Å². The van der Waals surface area contributed by atoms with Crippen molar-refractivity contribution in [2.24, 2.45) is 16.7 Å². The Bertz CT molecular complexity index is 1530. The first-order valence-electron chi connectivity index (χ1n) is 16.9. The molecule has 2 fully saturated rings. The number of rotatable bonds is 3. The van der Waals surface area contributed by atoms with Gasteiger partial charge in [-0.25, -0.2) is 5.43 Å². The van der Waals surface area contributed by atoms with Crippen molar-refractivity contribution in [3.05, 3.63) is 47.7 Å². The molecule has 3 aliphatic rings. The van der Waals surface area contributed by atoms with Crippen LogP contribution in [-0.4, -0.2) is 65.1 Å². The lowest BCUT2D eigenvalue weighted by molar-refractivity contribution is -0.169. The number of carbonyl (C=O) groups is 4. The molecule has 3 amide bonds. The van der Waals surface area contributed by atoms with E-state index in [9.17, 15) is 23.6 Å². The first-order valence-corrected chi connectivity index (χ1v) is 16.9. The van der Waals surface area contributed by atoms with Gasteiger partial charge in [0.2, 0.25) is 5.91 Å². The third-order valence-corrected chi connectivity index (χ3v) is 10.4. The smallest absolute Gasteiger partial charge is 0.316 e. The highest BCUT2D eigenvalue weighted by atomic mass is 19.1. The van der Waals surface area contributed by atoms with Crippen molar-refractivity contribution in [2.75, 3.05) is 13.2 Å². The van der Waals surface area contributed by atoms with Gasteiger partial charge in [0, 0.05) is 11.9 Å². The maximum Gasteiger partial charge on any atom is 0.316 e. The predicted octanol–water partition coefficient (Wildman–Crippen LogP) is 4.93. The highest BCUT2D eigenvalue weighted by molar-refractivity contribution is 5.92. The summed E-state index contributed by atoms with van der Waals surface area (Å²) in [6.07, 6.45) is 6.20. The molecule has 10 nitrogen and oxygen atoms in total. The standard InChI is InChI=1S/C36H48FN5O5/c1-6-35(21-37)15-17-36(18-16-35)14-13-25-9-10-26-11-12-27(40-29(26)20-25)23(4)38-31(43)28-8-7-19-42(41-28)33(45)24(5)39-32(44)30(22(2)3)47-34(36)46/h9-14,20,22-24,28,30,41H,6-8,15-19,21H2,1-5H3,(H,38,43)(H,39,44)/b14-13+/t23-,24+,28+,30+,35?,36?/m1/s1. The average Bonchev–Trinajstić information content (AvgIpc) is 3.08. The fraction of sp³-hybridized carbons (Fsp3) is 0.583. The monoisotopic (exact) mass is 649 g/mol. The molecule has 11 heteroatoms. The maximum absolute atomic E-state index is 14.2. The lowest BCUT2D eigenvalue weighted by Gasteiger charge is -2.43. The van der Waals surface area contributed by atoms with Gasteiger partial charge >= 0.3 is 5.97 Å². The number of fused-ring (bicyclic) bond motifs is 4. The van der Waals surface area contributed by atoms with Gasteiger partial charge in [-0.15, -0.1) is 0 Å². The molecule has 1 aromatic carbocycles. The number of halogens is 1. The van der Waals surface area contributed by atoms with Crippen LogP contribution >= 0.6 is 0 Å². The Morgan fingerprint density at radius 2 is 1.70 bits per heavy atom. The molecule has 4 atom stereocenters. The molecule has 1 spiro atoms. The van der Waals surface area contributed by atoms with Crippen LogP contribution in [0.4, 0.5) is 4.39 Å². The third-order valence-electron chi connectivity index (χ3n) is 10.4. The van der Waals surface area contributed by atoms with E-state index in [1.807, 2.05) is 56.3 Å². The topological polar surface area (TPSA) is 130 Å². The third kappa shape index (κ3) is 7.35. The highest BCUT2D eigenvalue weighted by Crippen LogP contribution is 2.49. The van der Waals surface area contributed by atoms with Gasteiger partial charge in [-0.05, 0) is 87.8 Å². The van der Waals surface area contributed by atoms with E-state index < -0.39 is 59.5 Å². The molecule has 2 aliphatic heterocycles. The Hall–Kier alpha value is -3.86. The molecule has 0 radical (unpaired) electrons. The molecule has 1 aliphatic carbocycles. The van der Waals surface area contributed by atoms with Crippen molar-refractivity contribution in [2.45, 2.75) is 104 Å². The number of esters is 1. The number of ether oxygens (including phenoxy) is 1. The van der Waals surface area contributed by atoms with Crippen molar-refractivity contribution in [1.82, 2.24) is 26.1 Å². The van der Waals surface area contributed by atoms with Crippen LogP contribution in [0, 0.1) is 16.7 Å². The van der Waals surface area contributed by atoms with Crippen LogP contribution in [0.5, 0.6) is 0 Å². The predicted molar refractivity (Wildman–Crippen MR) is 177 cm³/mol. The van der Waals surface area contributed by atoms with E-state index in [1.54, 1.807) is 20.8 Å². The molecule has 0 unspecified atom stereocenters.